The third-order valence-corrected chi connectivity index (χ3v) is 5.58. The molecule has 2 amide bonds. The zero-order valence-corrected chi connectivity index (χ0v) is 17.5. The smallest absolute Gasteiger partial charge is 0.260 e. The summed E-state index contributed by atoms with van der Waals surface area (Å²) in [6.45, 7) is 0.393. The third-order valence-electron chi connectivity index (χ3n) is 5.58. The first-order valence-electron chi connectivity index (χ1n) is 10.4. The normalized spacial score (nSPS) is 14.1. The summed E-state index contributed by atoms with van der Waals surface area (Å²) in [6, 6.07) is 22.3. The Morgan fingerprint density at radius 3 is 2.39 bits per heavy atom. The minimum atomic E-state index is -0.466. The first kappa shape index (κ1) is 20.3. The lowest BCUT2D eigenvalue weighted by molar-refractivity contribution is -0.114. The monoisotopic (exact) mass is 436 g/mol. The summed E-state index contributed by atoms with van der Waals surface area (Å²) in [5.41, 5.74) is 5.59. The van der Waals surface area contributed by atoms with Gasteiger partial charge in [-0.15, -0.1) is 0 Å². The zero-order chi connectivity index (χ0) is 22.8. The SMILES string of the molecule is O=C1NC(=O)c2ccc(-c3ccoc3)cc2/C1=C/NCc1ccc(-c2ccccc2)c(O)c1. The molecular weight excluding hydrogens is 416 g/mol. The molecule has 1 aliphatic heterocycles. The van der Waals surface area contributed by atoms with Gasteiger partial charge in [0.2, 0.25) is 0 Å². The molecule has 0 spiro atoms. The standard InChI is InChI=1S/C27H20N2O4/c30-25-12-17(6-8-21(25)18-4-2-1-3-5-18)14-28-15-24-23-13-19(20-10-11-33-16-20)7-9-22(23)26(31)29-27(24)32/h1-13,15-16,28,30H,14H2,(H,29,31,32)/b24-15-. The summed E-state index contributed by atoms with van der Waals surface area (Å²) >= 11 is 0. The van der Waals surface area contributed by atoms with Gasteiger partial charge in [0.25, 0.3) is 11.8 Å². The molecule has 0 unspecified atom stereocenters. The number of hydrogen-bond acceptors (Lipinski definition) is 5. The van der Waals surface area contributed by atoms with Crippen molar-refractivity contribution in [2.45, 2.75) is 6.54 Å². The van der Waals surface area contributed by atoms with Gasteiger partial charge in [-0.25, -0.2) is 0 Å². The molecule has 1 aromatic heterocycles. The molecule has 0 fully saturated rings. The van der Waals surface area contributed by atoms with Crippen molar-refractivity contribution in [2.24, 2.45) is 0 Å². The van der Waals surface area contributed by atoms with Crippen molar-refractivity contribution in [3.05, 3.63) is 108 Å². The highest BCUT2D eigenvalue weighted by atomic mass is 16.3. The number of carbonyl (C=O) groups excluding carboxylic acids is 2. The summed E-state index contributed by atoms with van der Waals surface area (Å²) in [6.07, 6.45) is 4.78. The highest BCUT2D eigenvalue weighted by Gasteiger charge is 2.27. The van der Waals surface area contributed by atoms with E-state index in [1.54, 1.807) is 30.9 Å². The van der Waals surface area contributed by atoms with E-state index in [0.717, 1.165) is 27.8 Å². The molecule has 4 aromatic rings. The van der Waals surface area contributed by atoms with Crippen molar-refractivity contribution < 1.29 is 19.1 Å². The van der Waals surface area contributed by atoms with Crippen LogP contribution in [0, 0.1) is 0 Å². The van der Waals surface area contributed by atoms with E-state index in [1.165, 1.54) is 0 Å². The van der Waals surface area contributed by atoms with Crippen LogP contribution in [0.25, 0.3) is 27.8 Å². The highest BCUT2D eigenvalue weighted by Crippen LogP contribution is 2.31. The minimum absolute atomic E-state index is 0.184. The van der Waals surface area contributed by atoms with Gasteiger partial charge in [-0.05, 0) is 41.0 Å². The van der Waals surface area contributed by atoms with Crippen LogP contribution in [0.5, 0.6) is 5.75 Å². The Labute approximate surface area is 190 Å². The van der Waals surface area contributed by atoms with E-state index >= 15 is 0 Å². The molecule has 0 radical (unpaired) electrons. The van der Waals surface area contributed by atoms with E-state index in [-0.39, 0.29) is 5.75 Å². The lowest BCUT2D eigenvalue weighted by Crippen LogP contribution is -2.37. The second-order valence-corrected chi connectivity index (χ2v) is 7.71. The van der Waals surface area contributed by atoms with Crippen LogP contribution in [0.4, 0.5) is 0 Å². The van der Waals surface area contributed by atoms with E-state index in [2.05, 4.69) is 10.6 Å². The van der Waals surface area contributed by atoms with Crippen LogP contribution in [0.3, 0.4) is 0 Å². The molecular formula is C27H20N2O4. The van der Waals surface area contributed by atoms with Crippen LogP contribution in [-0.4, -0.2) is 16.9 Å². The summed E-state index contributed by atoms with van der Waals surface area (Å²) in [5, 5.41) is 16.0. The summed E-state index contributed by atoms with van der Waals surface area (Å²) < 4.78 is 5.15. The van der Waals surface area contributed by atoms with Gasteiger partial charge in [0.1, 0.15) is 5.75 Å². The number of imide groups is 1. The number of furan rings is 1. The van der Waals surface area contributed by atoms with E-state index in [4.69, 9.17) is 4.42 Å². The number of fused-ring (bicyclic) bond motifs is 1. The Morgan fingerprint density at radius 1 is 0.818 bits per heavy atom. The molecule has 0 atom stereocenters. The van der Waals surface area contributed by atoms with Crippen LogP contribution in [0.2, 0.25) is 0 Å². The maximum Gasteiger partial charge on any atom is 0.260 e. The Kier molecular flexibility index (Phi) is 5.24. The fraction of sp³-hybridized carbons (Fsp3) is 0.0370. The number of aromatic hydroxyl groups is 1. The largest absolute Gasteiger partial charge is 0.507 e. The summed E-state index contributed by atoms with van der Waals surface area (Å²) in [4.78, 5) is 24.9. The number of rotatable bonds is 5. The van der Waals surface area contributed by atoms with Crippen LogP contribution in [-0.2, 0) is 11.3 Å². The zero-order valence-electron chi connectivity index (χ0n) is 17.5. The summed E-state index contributed by atoms with van der Waals surface area (Å²) in [7, 11) is 0. The topological polar surface area (TPSA) is 91.6 Å². The Bertz CT molecular complexity index is 1370. The lowest BCUT2D eigenvalue weighted by atomic mass is 9.92. The Balaban J connectivity index is 1.39. The molecule has 0 aliphatic carbocycles. The van der Waals surface area contributed by atoms with Crippen molar-refractivity contribution in [1.29, 1.82) is 0 Å². The van der Waals surface area contributed by atoms with Crippen molar-refractivity contribution >= 4 is 17.4 Å². The lowest BCUT2D eigenvalue weighted by Gasteiger charge is -2.19. The van der Waals surface area contributed by atoms with Crippen molar-refractivity contribution in [3.8, 4) is 28.0 Å². The predicted molar refractivity (Wildman–Crippen MR) is 125 cm³/mol. The molecule has 6 nitrogen and oxygen atoms in total. The van der Waals surface area contributed by atoms with Gasteiger partial charge >= 0.3 is 0 Å². The maximum absolute atomic E-state index is 12.6. The highest BCUT2D eigenvalue weighted by molar-refractivity contribution is 6.31. The van der Waals surface area contributed by atoms with Gasteiger partial charge in [-0.1, -0.05) is 48.5 Å². The average molecular weight is 436 g/mol. The molecule has 6 heteroatoms. The summed E-state index contributed by atoms with van der Waals surface area (Å²) in [5.74, 6) is -0.705. The van der Waals surface area contributed by atoms with Crippen molar-refractivity contribution in [2.75, 3.05) is 0 Å². The van der Waals surface area contributed by atoms with Crippen LogP contribution >= 0.6 is 0 Å². The second kappa shape index (κ2) is 8.51. The number of phenolic OH excluding ortho intramolecular Hbond substituents is 1. The van der Waals surface area contributed by atoms with Crippen molar-refractivity contribution in [3.63, 3.8) is 0 Å². The van der Waals surface area contributed by atoms with Gasteiger partial charge in [-0.3, -0.25) is 14.9 Å². The molecule has 1 aliphatic rings. The average Bonchev–Trinajstić information content (AvgIpc) is 3.37. The molecule has 3 aromatic carbocycles. The van der Waals surface area contributed by atoms with E-state index in [0.29, 0.717) is 23.2 Å². The van der Waals surface area contributed by atoms with Gasteiger partial charge in [0.15, 0.2) is 0 Å². The first-order chi connectivity index (χ1) is 16.1. The molecule has 0 bridgehead atoms. The van der Waals surface area contributed by atoms with E-state index in [1.807, 2.05) is 60.7 Å². The fourth-order valence-electron chi connectivity index (χ4n) is 3.90. The number of phenols is 1. The van der Waals surface area contributed by atoms with E-state index < -0.39 is 11.8 Å². The van der Waals surface area contributed by atoms with Gasteiger partial charge in [-0.2, -0.15) is 0 Å². The van der Waals surface area contributed by atoms with Gasteiger partial charge in [0, 0.05) is 35.0 Å². The quantitative estimate of drug-likeness (QED) is 0.311. The second-order valence-electron chi connectivity index (χ2n) is 7.71. The van der Waals surface area contributed by atoms with Crippen LogP contribution in [0.15, 0.2) is 95.9 Å². The van der Waals surface area contributed by atoms with Crippen LogP contribution < -0.4 is 10.6 Å². The molecule has 0 saturated carbocycles. The predicted octanol–water partition coefficient (Wildman–Crippen LogP) is 4.72. The fourth-order valence-corrected chi connectivity index (χ4v) is 3.90. The molecule has 5 rings (SSSR count). The van der Waals surface area contributed by atoms with Crippen molar-refractivity contribution in [1.82, 2.24) is 10.6 Å². The number of hydrogen-bond donors (Lipinski definition) is 3. The number of amides is 2. The van der Waals surface area contributed by atoms with Gasteiger partial charge in [0.05, 0.1) is 18.1 Å². The van der Waals surface area contributed by atoms with E-state index in [9.17, 15) is 14.7 Å². The third kappa shape index (κ3) is 4.02. The maximum atomic E-state index is 12.6. The van der Waals surface area contributed by atoms with Gasteiger partial charge < -0.3 is 14.8 Å². The molecule has 3 N–H and O–H groups in total. The minimum Gasteiger partial charge on any atom is -0.507 e. The Hall–Kier alpha value is -4.58. The number of benzene rings is 3. The number of nitrogens with one attached hydrogen (secondary N) is 2. The first-order valence-corrected chi connectivity index (χ1v) is 10.4. The number of carbonyl (C=O) groups is 2. The molecule has 33 heavy (non-hydrogen) atoms. The molecule has 0 saturated heterocycles. The van der Waals surface area contributed by atoms with Crippen LogP contribution in [0.1, 0.15) is 21.5 Å². The molecule has 2 heterocycles. The Morgan fingerprint density at radius 2 is 1.64 bits per heavy atom. The molecule has 162 valence electrons.